The Morgan fingerprint density at radius 2 is 1.23 bits per heavy atom. The number of nitrogens with zero attached hydrogens (tertiary/aromatic N) is 3. The second-order valence-electron chi connectivity index (χ2n) is 7.13. The van der Waals surface area contributed by atoms with Gasteiger partial charge in [0.15, 0.2) is 11.6 Å². The lowest BCUT2D eigenvalue weighted by atomic mass is 10.0. The van der Waals surface area contributed by atoms with E-state index in [-0.39, 0.29) is 5.28 Å². The topological polar surface area (TPSA) is 51.8 Å². The van der Waals surface area contributed by atoms with E-state index in [4.69, 9.17) is 16.0 Å². The van der Waals surface area contributed by atoms with E-state index in [1.165, 1.54) is 5.39 Å². The third-order valence-electron chi connectivity index (χ3n) is 5.24. The first-order chi connectivity index (χ1) is 14.7. The van der Waals surface area contributed by atoms with Gasteiger partial charge in [-0.1, -0.05) is 54.6 Å². The van der Waals surface area contributed by atoms with E-state index in [9.17, 15) is 0 Å². The number of aromatic nitrogens is 3. The van der Waals surface area contributed by atoms with Gasteiger partial charge >= 0.3 is 0 Å². The summed E-state index contributed by atoms with van der Waals surface area (Å²) in [5, 5.41) is 4.58. The minimum absolute atomic E-state index is 0.169. The van der Waals surface area contributed by atoms with Crippen LogP contribution in [-0.2, 0) is 0 Å². The molecule has 0 amide bonds. The van der Waals surface area contributed by atoms with Gasteiger partial charge in [0.2, 0.25) is 5.28 Å². The SMILES string of the molecule is Clc1nc(-c2ccccc2)nc(-c2ccc3oc4cc5ccccc5cc4c3c2)n1. The van der Waals surface area contributed by atoms with Crippen LogP contribution in [0.15, 0.2) is 89.3 Å². The number of benzene rings is 4. The number of halogens is 1. The van der Waals surface area contributed by atoms with Gasteiger partial charge in [-0.3, -0.25) is 0 Å². The molecule has 0 bridgehead atoms. The van der Waals surface area contributed by atoms with E-state index in [1.54, 1.807) is 0 Å². The smallest absolute Gasteiger partial charge is 0.226 e. The zero-order chi connectivity index (χ0) is 20.1. The molecule has 0 unspecified atom stereocenters. The van der Waals surface area contributed by atoms with Crippen molar-refractivity contribution in [2.24, 2.45) is 0 Å². The lowest BCUT2D eigenvalue weighted by molar-refractivity contribution is 0.669. The van der Waals surface area contributed by atoms with Crippen molar-refractivity contribution in [2.75, 3.05) is 0 Å². The Balaban J connectivity index is 1.55. The van der Waals surface area contributed by atoms with E-state index in [0.717, 1.165) is 38.5 Å². The Morgan fingerprint density at radius 1 is 0.567 bits per heavy atom. The minimum Gasteiger partial charge on any atom is -0.456 e. The Kier molecular flexibility index (Phi) is 3.79. The molecule has 2 heterocycles. The maximum Gasteiger partial charge on any atom is 0.226 e. The minimum atomic E-state index is 0.169. The summed E-state index contributed by atoms with van der Waals surface area (Å²) in [6.07, 6.45) is 0. The summed E-state index contributed by atoms with van der Waals surface area (Å²) in [6, 6.07) is 28.2. The summed E-state index contributed by atoms with van der Waals surface area (Å²) in [5.41, 5.74) is 3.44. The number of hydrogen-bond donors (Lipinski definition) is 0. The molecule has 0 saturated heterocycles. The Bertz CT molecular complexity index is 1560. The van der Waals surface area contributed by atoms with Crippen LogP contribution in [0.1, 0.15) is 0 Å². The zero-order valence-electron chi connectivity index (χ0n) is 15.7. The lowest BCUT2D eigenvalue weighted by Crippen LogP contribution is -1.97. The van der Waals surface area contributed by atoms with Crippen LogP contribution in [0.5, 0.6) is 0 Å². The van der Waals surface area contributed by atoms with Crippen molar-refractivity contribution in [3.8, 4) is 22.8 Å². The number of furan rings is 1. The van der Waals surface area contributed by atoms with Crippen molar-refractivity contribution >= 4 is 44.3 Å². The van der Waals surface area contributed by atoms with Crippen molar-refractivity contribution in [1.82, 2.24) is 15.0 Å². The molecule has 4 aromatic carbocycles. The molecule has 6 aromatic rings. The molecule has 0 aliphatic carbocycles. The zero-order valence-corrected chi connectivity index (χ0v) is 16.5. The molecule has 4 nitrogen and oxygen atoms in total. The van der Waals surface area contributed by atoms with Crippen molar-refractivity contribution in [2.45, 2.75) is 0 Å². The summed E-state index contributed by atoms with van der Waals surface area (Å²) in [5.74, 6) is 1.08. The van der Waals surface area contributed by atoms with Crippen molar-refractivity contribution in [3.05, 3.63) is 90.2 Å². The summed E-state index contributed by atoms with van der Waals surface area (Å²) >= 11 is 6.23. The number of fused-ring (bicyclic) bond motifs is 4. The van der Waals surface area contributed by atoms with E-state index in [1.807, 2.05) is 54.6 Å². The molecule has 2 aromatic heterocycles. The van der Waals surface area contributed by atoms with Gasteiger partial charge in [0.25, 0.3) is 0 Å². The quantitative estimate of drug-likeness (QED) is 0.313. The van der Waals surface area contributed by atoms with E-state index >= 15 is 0 Å². The van der Waals surface area contributed by atoms with Gasteiger partial charge in [0.05, 0.1) is 0 Å². The first kappa shape index (κ1) is 17.1. The van der Waals surface area contributed by atoms with Crippen LogP contribution in [0.4, 0.5) is 0 Å². The van der Waals surface area contributed by atoms with Gasteiger partial charge in [-0.25, -0.2) is 4.98 Å². The second-order valence-corrected chi connectivity index (χ2v) is 7.46. The Labute approximate surface area is 176 Å². The summed E-state index contributed by atoms with van der Waals surface area (Å²) in [6.45, 7) is 0. The highest BCUT2D eigenvalue weighted by molar-refractivity contribution is 6.28. The largest absolute Gasteiger partial charge is 0.456 e. The molecule has 0 atom stereocenters. The molecule has 0 aliphatic rings. The highest BCUT2D eigenvalue weighted by Gasteiger charge is 2.13. The van der Waals surface area contributed by atoms with Crippen molar-refractivity contribution in [1.29, 1.82) is 0 Å². The highest BCUT2D eigenvalue weighted by atomic mass is 35.5. The number of hydrogen-bond acceptors (Lipinski definition) is 4. The molecule has 0 N–H and O–H groups in total. The fourth-order valence-corrected chi connectivity index (χ4v) is 3.96. The first-order valence-electron chi connectivity index (χ1n) is 9.57. The van der Waals surface area contributed by atoms with E-state index < -0.39 is 0 Å². The fraction of sp³-hybridized carbons (Fsp3) is 0. The van der Waals surface area contributed by atoms with Gasteiger partial charge in [-0.15, -0.1) is 0 Å². The van der Waals surface area contributed by atoms with Crippen LogP contribution in [0.25, 0.3) is 55.5 Å². The second kappa shape index (κ2) is 6.65. The predicted molar refractivity (Wildman–Crippen MR) is 120 cm³/mol. The average molecular weight is 408 g/mol. The maximum absolute atomic E-state index is 6.23. The lowest BCUT2D eigenvalue weighted by Gasteiger charge is -2.05. The molecule has 0 fully saturated rings. The standard InChI is InChI=1S/C25H14ClN3O/c26-25-28-23(15-6-2-1-3-7-15)27-24(29-25)18-10-11-21-19(13-18)20-12-16-8-4-5-9-17(16)14-22(20)30-21/h1-14H. The monoisotopic (exact) mass is 407 g/mol. The normalized spacial score (nSPS) is 11.5. The molecule has 5 heteroatoms. The van der Waals surface area contributed by atoms with E-state index in [0.29, 0.717) is 11.6 Å². The maximum atomic E-state index is 6.23. The van der Waals surface area contributed by atoms with Crippen LogP contribution < -0.4 is 0 Å². The van der Waals surface area contributed by atoms with Crippen LogP contribution >= 0.6 is 11.6 Å². The summed E-state index contributed by atoms with van der Waals surface area (Å²) in [7, 11) is 0. The van der Waals surface area contributed by atoms with Crippen LogP contribution in [0.2, 0.25) is 5.28 Å². The molecule has 0 radical (unpaired) electrons. The molecule has 6 rings (SSSR count). The van der Waals surface area contributed by atoms with Crippen molar-refractivity contribution in [3.63, 3.8) is 0 Å². The van der Waals surface area contributed by atoms with E-state index in [2.05, 4.69) is 45.3 Å². The van der Waals surface area contributed by atoms with Crippen LogP contribution in [0.3, 0.4) is 0 Å². The molecule has 0 aliphatic heterocycles. The Hall–Kier alpha value is -3.76. The molecule has 142 valence electrons. The van der Waals surface area contributed by atoms with Gasteiger partial charge in [0.1, 0.15) is 11.2 Å². The fourth-order valence-electron chi connectivity index (χ4n) is 3.80. The molecule has 0 saturated carbocycles. The highest BCUT2D eigenvalue weighted by Crippen LogP contribution is 2.34. The molecule has 0 spiro atoms. The molecular formula is C25H14ClN3O. The average Bonchev–Trinajstić information content (AvgIpc) is 3.14. The summed E-state index contributed by atoms with van der Waals surface area (Å²) < 4.78 is 6.09. The van der Waals surface area contributed by atoms with Gasteiger partial charge in [-0.05, 0) is 52.7 Å². The predicted octanol–water partition coefficient (Wildman–Crippen LogP) is 6.91. The first-order valence-corrected chi connectivity index (χ1v) is 9.95. The van der Waals surface area contributed by atoms with Gasteiger partial charge in [-0.2, -0.15) is 9.97 Å². The van der Waals surface area contributed by atoms with Gasteiger partial charge in [0, 0.05) is 21.9 Å². The third kappa shape index (κ3) is 2.81. The Morgan fingerprint density at radius 3 is 2.03 bits per heavy atom. The third-order valence-corrected chi connectivity index (χ3v) is 5.40. The van der Waals surface area contributed by atoms with Crippen LogP contribution in [0, 0.1) is 0 Å². The number of rotatable bonds is 2. The van der Waals surface area contributed by atoms with Crippen LogP contribution in [-0.4, -0.2) is 15.0 Å². The van der Waals surface area contributed by atoms with Crippen molar-refractivity contribution < 1.29 is 4.42 Å². The molecule has 30 heavy (non-hydrogen) atoms. The molecular weight excluding hydrogens is 394 g/mol. The summed E-state index contributed by atoms with van der Waals surface area (Å²) in [4.78, 5) is 13.3. The van der Waals surface area contributed by atoms with Gasteiger partial charge < -0.3 is 4.42 Å².